The van der Waals surface area contributed by atoms with Gasteiger partial charge in [-0.05, 0) is 24.3 Å². The number of para-hydroxylation sites is 2. The Kier molecular flexibility index (Phi) is 6.09. The Hall–Kier alpha value is -3.85. The summed E-state index contributed by atoms with van der Waals surface area (Å²) < 4.78 is 0. The van der Waals surface area contributed by atoms with Gasteiger partial charge in [0.25, 0.3) is 11.8 Å². The molecule has 0 aliphatic carbocycles. The highest BCUT2D eigenvalue weighted by Gasteiger charge is 2.22. The fourth-order valence-corrected chi connectivity index (χ4v) is 3.61. The molecule has 1 aliphatic heterocycles. The summed E-state index contributed by atoms with van der Waals surface area (Å²) >= 11 is 6.32. The van der Waals surface area contributed by atoms with Gasteiger partial charge < -0.3 is 26.2 Å². The predicted octanol–water partition coefficient (Wildman–Crippen LogP) is 3.16. The molecule has 164 valence electrons. The Labute approximate surface area is 190 Å². The number of halogens is 1. The number of likely N-dealkylation sites (N-methyl/N-ethyl adjacent to an activating group) is 1. The first-order valence-corrected chi connectivity index (χ1v) is 10.4. The zero-order valence-corrected chi connectivity index (χ0v) is 18.3. The van der Waals surface area contributed by atoms with Crippen LogP contribution in [0.3, 0.4) is 0 Å². The molecule has 2 amide bonds. The molecular weight excluding hydrogens is 430 g/mol. The van der Waals surface area contributed by atoms with E-state index >= 15 is 0 Å². The third kappa shape index (κ3) is 4.28. The molecule has 0 unspecified atom stereocenters. The standard InChI is InChI=1S/C22H22ClN7O2/c1-24-20(31)13-6-3-4-8-16(13)27-19-15(23)12-26-22(29-19)28-17-9-5-7-14-18(17)30(2)11-10-25-21(14)32/h3-9,12H,10-11H2,1-2H3,(H,24,31)(H,25,32)(H2,26,27,28,29). The summed E-state index contributed by atoms with van der Waals surface area (Å²) in [4.78, 5) is 35.4. The third-order valence-electron chi connectivity index (χ3n) is 5.04. The molecule has 4 rings (SSSR count). The van der Waals surface area contributed by atoms with Gasteiger partial charge in [-0.1, -0.05) is 29.8 Å². The number of aromatic nitrogens is 2. The Morgan fingerprint density at radius 1 is 1.12 bits per heavy atom. The van der Waals surface area contributed by atoms with E-state index in [-0.39, 0.29) is 11.8 Å². The lowest BCUT2D eigenvalue weighted by Gasteiger charge is -2.22. The molecule has 3 aromatic rings. The van der Waals surface area contributed by atoms with Gasteiger partial charge in [-0.3, -0.25) is 9.59 Å². The zero-order chi connectivity index (χ0) is 22.7. The van der Waals surface area contributed by atoms with E-state index in [0.29, 0.717) is 52.4 Å². The molecular formula is C22H22ClN7O2. The van der Waals surface area contributed by atoms with Gasteiger partial charge in [0.1, 0.15) is 5.02 Å². The van der Waals surface area contributed by atoms with Gasteiger partial charge in [0, 0.05) is 27.2 Å². The summed E-state index contributed by atoms with van der Waals surface area (Å²) in [5.74, 6) is 0.275. The molecule has 10 heteroatoms. The fourth-order valence-electron chi connectivity index (χ4n) is 3.47. The summed E-state index contributed by atoms with van der Waals surface area (Å²) in [5, 5.41) is 12.1. The van der Waals surface area contributed by atoms with Crippen molar-refractivity contribution in [3.05, 3.63) is 64.8 Å². The minimum Gasteiger partial charge on any atom is -0.371 e. The van der Waals surface area contributed by atoms with Crippen LogP contribution in [0.25, 0.3) is 0 Å². The number of amides is 2. The molecule has 2 heterocycles. The summed E-state index contributed by atoms with van der Waals surface area (Å²) in [6, 6.07) is 12.5. The minimum atomic E-state index is -0.232. The average Bonchev–Trinajstić information content (AvgIpc) is 2.94. The number of anilines is 5. The molecule has 4 N–H and O–H groups in total. The van der Waals surface area contributed by atoms with Gasteiger partial charge in [-0.2, -0.15) is 4.98 Å². The first-order chi connectivity index (χ1) is 15.5. The number of rotatable bonds is 5. The lowest BCUT2D eigenvalue weighted by Crippen LogP contribution is -2.27. The van der Waals surface area contributed by atoms with Crippen LogP contribution >= 0.6 is 11.6 Å². The van der Waals surface area contributed by atoms with Crippen molar-refractivity contribution < 1.29 is 9.59 Å². The van der Waals surface area contributed by atoms with E-state index in [9.17, 15) is 9.59 Å². The second-order valence-corrected chi connectivity index (χ2v) is 7.55. The number of nitrogens with zero attached hydrogens (tertiary/aromatic N) is 3. The van der Waals surface area contributed by atoms with Crippen molar-refractivity contribution in [2.45, 2.75) is 0 Å². The van der Waals surface area contributed by atoms with Crippen LogP contribution in [0.1, 0.15) is 20.7 Å². The van der Waals surface area contributed by atoms with Crippen LogP contribution in [0.15, 0.2) is 48.7 Å². The molecule has 0 fully saturated rings. The van der Waals surface area contributed by atoms with Crippen molar-refractivity contribution in [3.8, 4) is 0 Å². The van der Waals surface area contributed by atoms with E-state index in [4.69, 9.17) is 11.6 Å². The highest BCUT2D eigenvalue weighted by Crippen LogP contribution is 2.33. The molecule has 1 aliphatic rings. The fraction of sp³-hybridized carbons (Fsp3) is 0.182. The summed E-state index contributed by atoms with van der Waals surface area (Å²) in [6.07, 6.45) is 1.47. The highest BCUT2D eigenvalue weighted by atomic mass is 35.5. The molecule has 0 radical (unpaired) electrons. The lowest BCUT2D eigenvalue weighted by atomic mass is 10.1. The van der Waals surface area contributed by atoms with Crippen molar-refractivity contribution >= 4 is 52.2 Å². The van der Waals surface area contributed by atoms with Crippen LogP contribution in [0.5, 0.6) is 0 Å². The predicted molar refractivity (Wildman–Crippen MR) is 125 cm³/mol. The third-order valence-corrected chi connectivity index (χ3v) is 5.31. The highest BCUT2D eigenvalue weighted by molar-refractivity contribution is 6.33. The van der Waals surface area contributed by atoms with E-state index < -0.39 is 0 Å². The van der Waals surface area contributed by atoms with Crippen molar-refractivity contribution in [1.82, 2.24) is 20.6 Å². The molecule has 0 atom stereocenters. The number of hydrogen-bond acceptors (Lipinski definition) is 7. The number of benzene rings is 2. The van der Waals surface area contributed by atoms with E-state index in [1.807, 2.05) is 24.1 Å². The second kappa shape index (κ2) is 9.11. The number of nitrogens with one attached hydrogen (secondary N) is 4. The Balaban J connectivity index is 1.67. The molecule has 1 aromatic heterocycles. The van der Waals surface area contributed by atoms with Crippen LogP contribution in [0, 0.1) is 0 Å². The van der Waals surface area contributed by atoms with Crippen molar-refractivity contribution in [1.29, 1.82) is 0 Å². The molecule has 0 saturated heterocycles. The Bertz CT molecular complexity index is 1180. The van der Waals surface area contributed by atoms with E-state index in [1.54, 1.807) is 37.4 Å². The van der Waals surface area contributed by atoms with Crippen molar-refractivity contribution in [2.24, 2.45) is 0 Å². The molecule has 0 spiro atoms. The first kappa shape index (κ1) is 21.4. The van der Waals surface area contributed by atoms with Crippen molar-refractivity contribution in [3.63, 3.8) is 0 Å². The molecule has 0 bridgehead atoms. The Morgan fingerprint density at radius 2 is 1.91 bits per heavy atom. The van der Waals surface area contributed by atoms with Crippen LogP contribution in [0.4, 0.5) is 28.8 Å². The summed E-state index contributed by atoms with van der Waals surface area (Å²) in [5.41, 5.74) is 3.05. The van der Waals surface area contributed by atoms with Crippen molar-refractivity contribution in [2.75, 3.05) is 42.7 Å². The van der Waals surface area contributed by atoms with Gasteiger partial charge in [0.15, 0.2) is 5.82 Å². The van der Waals surface area contributed by atoms with Crippen LogP contribution in [0.2, 0.25) is 5.02 Å². The zero-order valence-electron chi connectivity index (χ0n) is 17.6. The van der Waals surface area contributed by atoms with Gasteiger partial charge >= 0.3 is 0 Å². The number of fused-ring (bicyclic) bond motifs is 1. The quantitative estimate of drug-likeness (QED) is 0.471. The van der Waals surface area contributed by atoms with Gasteiger partial charge in [0.05, 0.1) is 34.4 Å². The number of hydrogen-bond donors (Lipinski definition) is 4. The summed E-state index contributed by atoms with van der Waals surface area (Å²) in [6.45, 7) is 1.22. The molecule has 32 heavy (non-hydrogen) atoms. The molecule has 0 saturated carbocycles. The summed E-state index contributed by atoms with van der Waals surface area (Å²) in [7, 11) is 3.49. The smallest absolute Gasteiger partial charge is 0.253 e. The monoisotopic (exact) mass is 451 g/mol. The maximum atomic E-state index is 12.4. The molecule has 9 nitrogen and oxygen atoms in total. The van der Waals surface area contributed by atoms with Crippen LogP contribution in [-0.2, 0) is 0 Å². The number of carbonyl (C=O) groups is 2. The van der Waals surface area contributed by atoms with Gasteiger partial charge in [0.2, 0.25) is 5.95 Å². The minimum absolute atomic E-state index is 0.127. The SMILES string of the molecule is CNC(=O)c1ccccc1Nc1nc(Nc2cccc3c2N(C)CCNC3=O)ncc1Cl. The Morgan fingerprint density at radius 3 is 2.72 bits per heavy atom. The largest absolute Gasteiger partial charge is 0.371 e. The van der Waals surface area contributed by atoms with E-state index in [2.05, 4.69) is 31.2 Å². The van der Waals surface area contributed by atoms with E-state index in [0.717, 1.165) is 5.69 Å². The topological polar surface area (TPSA) is 111 Å². The first-order valence-electron chi connectivity index (χ1n) is 9.98. The van der Waals surface area contributed by atoms with Crippen LogP contribution in [-0.4, -0.2) is 49.0 Å². The lowest BCUT2D eigenvalue weighted by molar-refractivity contribution is 0.0952. The van der Waals surface area contributed by atoms with Crippen LogP contribution < -0.4 is 26.2 Å². The van der Waals surface area contributed by atoms with Gasteiger partial charge in [-0.25, -0.2) is 4.98 Å². The van der Waals surface area contributed by atoms with Gasteiger partial charge in [-0.15, -0.1) is 0 Å². The average molecular weight is 452 g/mol. The maximum absolute atomic E-state index is 12.4. The maximum Gasteiger partial charge on any atom is 0.253 e. The number of carbonyl (C=O) groups excluding carboxylic acids is 2. The molecule has 2 aromatic carbocycles. The van der Waals surface area contributed by atoms with E-state index in [1.165, 1.54) is 6.20 Å². The normalized spacial score (nSPS) is 13.0. The second-order valence-electron chi connectivity index (χ2n) is 7.14.